The molecule has 3 rings (SSSR count). The number of amides is 2. The van der Waals surface area contributed by atoms with Crippen LogP contribution >= 0.6 is 24.0 Å². The zero-order valence-electron chi connectivity index (χ0n) is 17.2. The van der Waals surface area contributed by atoms with Gasteiger partial charge >= 0.3 is 12.6 Å². The number of hydrogen-bond acceptors (Lipinski definition) is 6. The van der Waals surface area contributed by atoms with Gasteiger partial charge in [-0.1, -0.05) is 54.3 Å². The highest BCUT2D eigenvalue weighted by molar-refractivity contribution is 8.26. The van der Waals surface area contributed by atoms with Crippen molar-refractivity contribution in [1.82, 2.24) is 4.90 Å². The molecule has 2 aromatic carbocycles. The topological polar surface area (TPSA) is 87.2 Å². The van der Waals surface area contributed by atoms with Gasteiger partial charge in [-0.3, -0.25) is 14.5 Å². The summed E-state index contributed by atoms with van der Waals surface area (Å²) >= 11 is 6.24. The number of thiocarbonyl (C=S) groups is 1. The first-order chi connectivity index (χ1) is 15.7. The lowest BCUT2D eigenvalue weighted by Gasteiger charge is -2.21. The van der Waals surface area contributed by atoms with Crippen molar-refractivity contribution in [2.75, 3.05) is 18.5 Å². The normalized spacial score (nSPS) is 14.8. The summed E-state index contributed by atoms with van der Waals surface area (Å²) in [5.74, 6) is -2.11. The molecule has 1 aliphatic rings. The zero-order chi connectivity index (χ0) is 24.1. The Morgan fingerprint density at radius 1 is 1.21 bits per heavy atom. The van der Waals surface area contributed by atoms with E-state index in [0.29, 0.717) is 5.56 Å². The molecule has 0 saturated carbocycles. The van der Waals surface area contributed by atoms with Crippen molar-refractivity contribution in [3.63, 3.8) is 0 Å². The number of hydrogen-bond donors (Lipinski definition) is 1. The maximum atomic E-state index is 12.8. The fourth-order valence-electron chi connectivity index (χ4n) is 3.09. The van der Waals surface area contributed by atoms with Gasteiger partial charge in [0.15, 0.2) is 0 Å². The van der Waals surface area contributed by atoms with Gasteiger partial charge in [0.05, 0.1) is 16.2 Å². The average molecular weight is 493 g/mol. The molecule has 1 fully saturated rings. The van der Waals surface area contributed by atoms with Crippen LogP contribution in [0.4, 0.5) is 14.5 Å². The number of anilines is 1. The summed E-state index contributed by atoms with van der Waals surface area (Å²) in [6.45, 7) is -3.03. The molecule has 11 heteroatoms. The number of carboxylic acid groups (broad SMARTS) is 1. The number of carbonyl (C=O) groups is 3. The zero-order valence-corrected chi connectivity index (χ0v) is 18.9. The summed E-state index contributed by atoms with van der Waals surface area (Å²) in [6, 6.07) is 12.1. The minimum atomic E-state index is -3.01. The number of carboxylic acids is 1. The van der Waals surface area contributed by atoms with Gasteiger partial charge in [-0.25, -0.2) is 4.79 Å². The van der Waals surface area contributed by atoms with Gasteiger partial charge in [0.1, 0.15) is 10.1 Å². The minimum absolute atomic E-state index is 0.0183. The number of rotatable bonds is 8. The molecule has 172 valence electrons. The van der Waals surface area contributed by atoms with Crippen LogP contribution in [0.1, 0.15) is 22.3 Å². The second-order valence-electron chi connectivity index (χ2n) is 6.77. The predicted molar refractivity (Wildman–Crippen MR) is 124 cm³/mol. The third-order valence-corrected chi connectivity index (χ3v) is 6.09. The number of halogens is 2. The lowest BCUT2D eigenvalue weighted by molar-refractivity contribution is -0.123. The van der Waals surface area contributed by atoms with Crippen LogP contribution in [0.5, 0.6) is 5.75 Å². The number of carbonyl (C=O) groups excluding carboxylic acids is 2. The number of ether oxygens (including phenoxy) is 1. The van der Waals surface area contributed by atoms with Crippen molar-refractivity contribution in [3.8, 4) is 5.75 Å². The Bertz CT molecular complexity index is 1140. The van der Waals surface area contributed by atoms with Crippen molar-refractivity contribution in [2.45, 2.75) is 13.0 Å². The second-order valence-corrected chi connectivity index (χ2v) is 8.45. The lowest BCUT2D eigenvalue weighted by atomic mass is 10.1. The molecule has 0 aliphatic carbocycles. The van der Waals surface area contributed by atoms with Crippen molar-refractivity contribution < 1.29 is 33.0 Å². The smallest absolute Gasteiger partial charge is 0.387 e. The summed E-state index contributed by atoms with van der Waals surface area (Å²) in [4.78, 5) is 39.5. The molecule has 0 atom stereocenters. The minimum Gasteiger partial charge on any atom is -0.478 e. The maximum Gasteiger partial charge on any atom is 0.387 e. The van der Waals surface area contributed by atoms with Crippen LogP contribution in [-0.4, -0.2) is 52.3 Å². The number of alkyl halides is 2. The Balaban J connectivity index is 1.71. The van der Waals surface area contributed by atoms with E-state index >= 15 is 0 Å². The summed E-state index contributed by atoms with van der Waals surface area (Å²) in [6.07, 6.45) is 1.31. The van der Waals surface area contributed by atoms with E-state index in [9.17, 15) is 28.3 Å². The molecule has 0 aromatic heterocycles. The Morgan fingerprint density at radius 3 is 2.58 bits per heavy atom. The van der Waals surface area contributed by atoms with Gasteiger partial charge in [-0.15, -0.1) is 0 Å². The largest absolute Gasteiger partial charge is 0.478 e. The third kappa shape index (κ3) is 5.74. The van der Waals surface area contributed by atoms with Crippen molar-refractivity contribution in [1.29, 1.82) is 0 Å². The summed E-state index contributed by atoms with van der Waals surface area (Å²) in [5, 5.41) is 9.32. The van der Waals surface area contributed by atoms with Crippen LogP contribution < -0.4 is 9.64 Å². The number of thioether (sulfide) groups is 1. The highest BCUT2D eigenvalue weighted by Gasteiger charge is 2.33. The Labute approximate surface area is 197 Å². The van der Waals surface area contributed by atoms with E-state index in [1.54, 1.807) is 18.2 Å². The quantitative estimate of drug-likeness (QED) is 0.436. The molecule has 7 nitrogen and oxygen atoms in total. The Kier molecular flexibility index (Phi) is 7.77. The highest BCUT2D eigenvalue weighted by atomic mass is 32.2. The lowest BCUT2D eigenvalue weighted by Crippen LogP contribution is -2.34. The second kappa shape index (κ2) is 10.5. The van der Waals surface area contributed by atoms with Gasteiger partial charge in [-0.05, 0) is 24.3 Å². The predicted octanol–water partition coefficient (Wildman–Crippen LogP) is 4.24. The molecule has 0 radical (unpaired) electrons. The molecule has 2 aromatic rings. The first-order valence-corrected chi connectivity index (χ1v) is 10.8. The molecule has 1 aliphatic heterocycles. The molecule has 1 N–H and O–H groups in total. The standard InChI is InChI=1S/C22H18F2N2O5S2/c1-25(15-8-4-3-7-14(15)20(29)30)18(27)10-11-26-19(28)17(33-22(26)32)12-13-6-2-5-9-16(13)31-21(23)24/h2-9,12,21H,10-11H2,1H3,(H,29,30)/b17-12-. The SMILES string of the molecule is CN(C(=O)CCN1C(=O)/C(=C/c2ccccc2OC(F)F)SC1=S)c1ccccc1C(=O)O. The molecule has 1 saturated heterocycles. The van der Waals surface area contributed by atoms with E-state index in [0.717, 1.165) is 11.8 Å². The average Bonchev–Trinajstić information content (AvgIpc) is 3.04. The summed E-state index contributed by atoms with van der Waals surface area (Å²) < 4.78 is 30.0. The molecule has 2 amide bonds. The van der Waals surface area contributed by atoms with E-state index in [-0.39, 0.29) is 39.2 Å². The van der Waals surface area contributed by atoms with Crippen molar-refractivity contribution in [3.05, 3.63) is 64.6 Å². The molecule has 0 bridgehead atoms. The van der Waals surface area contributed by atoms with Crippen LogP contribution in [-0.2, 0) is 9.59 Å². The van der Waals surface area contributed by atoms with Crippen LogP contribution in [0, 0.1) is 0 Å². The number of nitrogens with zero attached hydrogens (tertiary/aromatic N) is 2. The molecule has 33 heavy (non-hydrogen) atoms. The monoisotopic (exact) mass is 492 g/mol. The first kappa shape index (κ1) is 24.3. The van der Waals surface area contributed by atoms with Gasteiger partial charge in [-0.2, -0.15) is 8.78 Å². The van der Waals surface area contributed by atoms with Gasteiger partial charge in [0.2, 0.25) is 5.91 Å². The molecular formula is C22H18F2N2O5S2. The first-order valence-electron chi connectivity index (χ1n) is 9.57. The fourth-order valence-corrected chi connectivity index (χ4v) is 4.39. The van der Waals surface area contributed by atoms with Gasteiger partial charge in [0, 0.05) is 25.6 Å². The molecular weight excluding hydrogens is 474 g/mol. The van der Waals surface area contributed by atoms with Crippen molar-refractivity contribution >= 4 is 57.8 Å². The van der Waals surface area contributed by atoms with E-state index in [4.69, 9.17) is 12.2 Å². The summed E-state index contributed by atoms with van der Waals surface area (Å²) in [7, 11) is 1.45. The van der Waals surface area contributed by atoms with Gasteiger partial charge in [0.25, 0.3) is 5.91 Å². The fraction of sp³-hybridized carbons (Fsp3) is 0.182. The van der Waals surface area contributed by atoms with E-state index in [1.807, 2.05) is 0 Å². The van der Waals surface area contributed by atoms with E-state index in [1.165, 1.54) is 53.3 Å². The van der Waals surface area contributed by atoms with Crippen molar-refractivity contribution in [2.24, 2.45) is 0 Å². The maximum absolute atomic E-state index is 12.8. The number of para-hydroxylation sites is 2. The molecule has 0 unspecified atom stereocenters. The van der Waals surface area contributed by atoms with Crippen LogP contribution in [0.15, 0.2) is 53.4 Å². The van der Waals surface area contributed by atoms with E-state index < -0.39 is 24.4 Å². The van der Waals surface area contributed by atoms with Crippen LogP contribution in [0.3, 0.4) is 0 Å². The van der Waals surface area contributed by atoms with E-state index in [2.05, 4.69) is 4.74 Å². The van der Waals surface area contributed by atoms with Crippen LogP contribution in [0.2, 0.25) is 0 Å². The third-order valence-electron chi connectivity index (χ3n) is 4.71. The highest BCUT2D eigenvalue weighted by Crippen LogP contribution is 2.34. The molecule has 1 heterocycles. The summed E-state index contributed by atoms with van der Waals surface area (Å²) in [5.41, 5.74) is 0.502. The molecule has 0 spiro atoms. The Morgan fingerprint density at radius 2 is 1.88 bits per heavy atom. The number of benzene rings is 2. The Hall–Kier alpha value is -3.31. The van der Waals surface area contributed by atoms with Gasteiger partial charge < -0.3 is 14.7 Å². The number of aromatic carboxylic acids is 1. The van der Waals surface area contributed by atoms with Crippen LogP contribution in [0.25, 0.3) is 6.08 Å².